The molecule has 0 radical (unpaired) electrons. The van der Waals surface area contributed by atoms with Crippen LogP contribution in [-0.2, 0) is 9.53 Å². The van der Waals surface area contributed by atoms with Crippen molar-refractivity contribution in [3.8, 4) is 0 Å². The summed E-state index contributed by atoms with van der Waals surface area (Å²) in [4.78, 5) is 12.9. The van der Waals surface area contributed by atoms with Crippen molar-refractivity contribution in [1.82, 2.24) is 10.2 Å². The van der Waals surface area contributed by atoms with Crippen LogP contribution in [0.15, 0.2) is 12.3 Å². The monoisotopic (exact) mass is 240 g/mol. The molecule has 1 rings (SSSR count). The third-order valence-corrected chi connectivity index (χ3v) is 2.14. The number of esters is 1. The second-order valence-corrected chi connectivity index (χ2v) is 3.50. The quantitative estimate of drug-likeness (QED) is 0.572. The van der Waals surface area contributed by atoms with Crippen LogP contribution in [0.3, 0.4) is 0 Å². The zero-order valence-electron chi connectivity index (χ0n) is 9.01. The van der Waals surface area contributed by atoms with Crippen LogP contribution in [-0.4, -0.2) is 41.9 Å². The summed E-state index contributed by atoms with van der Waals surface area (Å²) in [5.74, 6) is 0.0856. The van der Waals surface area contributed by atoms with Crippen molar-refractivity contribution in [2.45, 2.75) is 0 Å². The second kappa shape index (κ2) is 5.36. The maximum atomic E-state index is 11.1. The molecule has 1 aromatic rings. The number of ether oxygens (including phenoxy) is 1. The lowest BCUT2D eigenvalue weighted by molar-refractivity contribution is -0.138. The van der Waals surface area contributed by atoms with Crippen molar-refractivity contribution in [2.24, 2.45) is 5.73 Å². The molecule has 0 unspecified atom stereocenters. The number of methoxy groups -OCH3 is 1. The lowest BCUT2D eigenvalue weighted by atomic mass is 10.2. The normalized spacial score (nSPS) is 9.62. The maximum absolute atomic E-state index is 11.1. The smallest absolute Gasteiger partial charge is 0.325 e. The van der Waals surface area contributed by atoms with Crippen molar-refractivity contribution in [2.75, 3.05) is 25.6 Å². The zero-order valence-corrected chi connectivity index (χ0v) is 9.82. The standard InChI is InChI=1S/C9H12N4O2S/c1-13(5-7(14)15-2)9-6(8(10)16)3-4-11-12-9/h3-4H,5H2,1-2H3,(H2,10,16). The summed E-state index contributed by atoms with van der Waals surface area (Å²) in [5.41, 5.74) is 6.12. The third kappa shape index (κ3) is 2.86. The summed E-state index contributed by atoms with van der Waals surface area (Å²) in [5, 5.41) is 7.61. The predicted molar refractivity (Wildman–Crippen MR) is 63.2 cm³/mol. The van der Waals surface area contributed by atoms with Crippen LogP contribution in [0.25, 0.3) is 0 Å². The number of nitrogens with two attached hydrogens (primary N) is 1. The molecule has 6 nitrogen and oxygen atoms in total. The minimum atomic E-state index is -0.373. The highest BCUT2D eigenvalue weighted by molar-refractivity contribution is 7.80. The number of thiocarbonyl (C=S) groups is 1. The van der Waals surface area contributed by atoms with E-state index >= 15 is 0 Å². The van der Waals surface area contributed by atoms with Gasteiger partial charge in [0.25, 0.3) is 0 Å². The predicted octanol–water partition coefficient (Wildman–Crippen LogP) is -0.280. The van der Waals surface area contributed by atoms with Gasteiger partial charge in [-0.15, -0.1) is 5.10 Å². The van der Waals surface area contributed by atoms with Gasteiger partial charge in [-0.05, 0) is 6.07 Å². The van der Waals surface area contributed by atoms with Gasteiger partial charge in [0.1, 0.15) is 11.5 Å². The number of carbonyl (C=O) groups excluding carboxylic acids is 1. The molecule has 0 aromatic carbocycles. The average Bonchev–Trinajstić information content (AvgIpc) is 2.28. The number of anilines is 1. The highest BCUT2D eigenvalue weighted by Gasteiger charge is 2.14. The topological polar surface area (TPSA) is 81.3 Å². The first-order valence-corrected chi connectivity index (χ1v) is 4.86. The van der Waals surface area contributed by atoms with Crippen molar-refractivity contribution in [1.29, 1.82) is 0 Å². The van der Waals surface area contributed by atoms with E-state index < -0.39 is 0 Å². The maximum Gasteiger partial charge on any atom is 0.325 e. The molecule has 0 amide bonds. The number of nitrogens with zero attached hydrogens (tertiary/aromatic N) is 3. The van der Waals surface area contributed by atoms with Gasteiger partial charge >= 0.3 is 5.97 Å². The van der Waals surface area contributed by atoms with Gasteiger partial charge in [0, 0.05) is 7.05 Å². The van der Waals surface area contributed by atoms with E-state index in [4.69, 9.17) is 18.0 Å². The Kier molecular flexibility index (Phi) is 4.12. The molecule has 0 aliphatic carbocycles. The van der Waals surface area contributed by atoms with E-state index in [0.29, 0.717) is 11.4 Å². The Morgan fingerprint density at radius 2 is 2.38 bits per heavy atom. The molecule has 0 bridgehead atoms. The first-order chi connectivity index (χ1) is 7.56. The van der Waals surface area contributed by atoms with Crippen molar-refractivity contribution in [3.05, 3.63) is 17.8 Å². The van der Waals surface area contributed by atoms with Gasteiger partial charge in [-0.3, -0.25) is 4.79 Å². The molecule has 0 spiro atoms. The summed E-state index contributed by atoms with van der Waals surface area (Å²) in [6.07, 6.45) is 1.49. The Morgan fingerprint density at radius 3 is 2.94 bits per heavy atom. The Labute approximate surface area is 98.4 Å². The van der Waals surface area contributed by atoms with Gasteiger partial charge in [-0.1, -0.05) is 12.2 Å². The molecule has 0 aliphatic heterocycles. The summed E-state index contributed by atoms with van der Waals surface area (Å²) < 4.78 is 4.55. The van der Waals surface area contributed by atoms with E-state index in [1.54, 1.807) is 18.0 Å². The van der Waals surface area contributed by atoms with Crippen LogP contribution >= 0.6 is 12.2 Å². The van der Waals surface area contributed by atoms with Gasteiger partial charge in [-0.2, -0.15) is 5.10 Å². The molecule has 1 heterocycles. The van der Waals surface area contributed by atoms with Crippen molar-refractivity contribution >= 4 is 29.0 Å². The number of carbonyl (C=O) groups is 1. The lowest BCUT2D eigenvalue weighted by Gasteiger charge is -2.18. The summed E-state index contributed by atoms with van der Waals surface area (Å²) in [7, 11) is 3.00. The lowest BCUT2D eigenvalue weighted by Crippen LogP contribution is -2.29. The molecule has 16 heavy (non-hydrogen) atoms. The van der Waals surface area contributed by atoms with Gasteiger partial charge < -0.3 is 15.4 Å². The van der Waals surface area contributed by atoms with Crippen LogP contribution in [0.2, 0.25) is 0 Å². The summed E-state index contributed by atoms with van der Waals surface area (Å²) >= 11 is 4.88. The molecule has 0 fully saturated rings. The third-order valence-electron chi connectivity index (χ3n) is 1.92. The van der Waals surface area contributed by atoms with E-state index in [1.165, 1.54) is 13.3 Å². The molecule has 0 atom stereocenters. The highest BCUT2D eigenvalue weighted by atomic mass is 32.1. The molecule has 0 saturated heterocycles. The Morgan fingerprint density at radius 1 is 1.69 bits per heavy atom. The van der Waals surface area contributed by atoms with Crippen molar-refractivity contribution < 1.29 is 9.53 Å². The van der Waals surface area contributed by atoms with Crippen LogP contribution in [0, 0.1) is 0 Å². The SMILES string of the molecule is COC(=O)CN(C)c1nnccc1C(N)=S. The number of likely N-dealkylation sites (N-methyl/N-ethyl adjacent to an activating group) is 1. The average molecular weight is 240 g/mol. The summed E-state index contributed by atoms with van der Waals surface area (Å²) in [6.45, 7) is 0.0603. The largest absolute Gasteiger partial charge is 0.468 e. The fourth-order valence-corrected chi connectivity index (χ4v) is 1.29. The molecule has 1 aromatic heterocycles. The van der Waals surface area contributed by atoms with Gasteiger partial charge in [-0.25, -0.2) is 0 Å². The van der Waals surface area contributed by atoms with Crippen molar-refractivity contribution in [3.63, 3.8) is 0 Å². The van der Waals surface area contributed by atoms with E-state index in [2.05, 4.69) is 14.9 Å². The number of aromatic nitrogens is 2. The Balaban J connectivity index is 2.94. The fraction of sp³-hybridized carbons (Fsp3) is 0.333. The first-order valence-electron chi connectivity index (χ1n) is 4.45. The van der Waals surface area contributed by atoms with Crippen LogP contribution in [0.1, 0.15) is 5.56 Å². The first kappa shape index (κ1) is 12.3. The van der Waals surface area contributed by atoms with Gasteiger partial charge in [0.05, 0.1) is 18.9 Å². The minimum absolute atomic E-state index is 0.0603. The number of rotatable bonds is 4. The molecule has 2 N–H and O–H groups in total. The minimum Gasteiger partial charge on any atom is -0.468 e. The molecule has 86 valence electrons. The Hall–Kier alpha value is -1.76. The van der Waals surface area contributed by atoms with Crippen LogP contribution in [0.4, 0.5) is 5.82 Å². The number of hydrogen-bond acceptors (Lipinski definition) is 6. The van der Waals surface area contributed by atoms with E-state index in [0.717, 1.165) is 0 Å². The molecule has 0 aliphatic rings. The fourth-order valence-electron chi connectivity index (χ4n) is 1.13. The summed E-state index contributed by atoms with van der Waals surface area (Å²) in [6, 6.07) is 1.65. The van der Waals surface area contributed by atoms with Crippen LogP contribution < -0.4 is 10.6 Å². The highest BCUT2D eigenvalue weighted by Crippen LogP contribution is 2.14. The van der Waals surface area contributed by atoms with E-state index in [-0.39, 0.29) is 17.5 Å². The zero-order chi connectivity index (χ0) is 12.1. The molecular formula is C9H12N4O2S. The van der Waals surface area contributed by atoms with Crippen LogP contribution in [0.5, 0.6) is 0 Å². The number of hydrogen-bond donors (Lipinski definition) is 1. The van der Waals surface area contributed by atoms with E-state index in [1.807, 2.05) is 0 Å². The van der Waals surface area contributed by atoms with E-state index in [9.17, 15) is 4.79 Å². The molecular weight excluding hydrogens is 228 g/mol. The molecule has 0 saturated carbocycles. The van der Waals surface area contributed by atoms with Gasteiger partial charge in [0.15, 0.2) is 5.82 Å². The van der Waals surface area contributed by atoms with Gasteiger partial charge in [0.2, 0.25) is 0 Å². The Bertz CT molecular complexity index is 410. The molecule has 7 heteroatoms. The second-order valence-electron chi connectivity index (χ2n) is 3.06.